The van der Waals surface area contributed by atoms with Crippen LogP contribution in [0.15, 0.2) is 59.5 Å². The van der Waals surface area contributed by atoms with Crippen molar-refractivity contribution >= 4 is 61.5 Å². The van der Waals surface area contributed by atoms with Crippen molar-refractivity contribution in [2.24, 2.45) is 0 Å². The Labute approximate surface area is 193 Å². The fourth-order valence-corrected chi connectivity index (χ4v) is 4.52. The molecule has 1 heterocycles. The zero-order valence-corrected chi connectivity index (χ0v) is 19.2. The highest BCUT2D eigenvalue weighted by Gasteiger charge is 2.16. The summed E-state index contributed by atoms with van der Waals surface area (Å²) >= 11 is 6.27. The highest BCUT2D eigenvalue weighted by molar-refractivity contribution is 7.93. The van der Waals surface area contributed by atoms with Crippen LogP contribution in [0.5, 0.6) is 0 Å². The van der Waals surface area contributed by atoms with E-state index in [0.717, 1.165) is 5.01 Å². The number of benzene rings is 2. The highest BCUT2D eigenvalue weighted by Crippen LogP contribution is 2.21. The fourth-order valence-electron chi connectivity index (χ4n) is 2.39. The number of nitrogens with zero attached hydrogens (tertiary/aromatic N) is 2. The average molecular weight is 492 g/mol. The first kappa shape index (κ1) is 23.4. The van der Waals surface area contributed by atoms with Gasteiger partial charge in [0.15, 0.2) is 5.11 Å². The lowest BCUT2D eigenvalue weighted by molar-refractivity contribution is -0.115. The molecule has 3 N–H and O–H groups in total. The van der Waals surface area contributed by atoms with Crippen molar-refractivity contribution < 1.29 is 17.6 Å². The van der Waals surface area contributed by atoms with Crippen LogP contribution in [0.25, 0.3) is 6.08 Å². The Balaban J connectivity index is 1.55. The zero-order chi connectivity index (χ0) is 23.1. The average Bonchev–Trinajstić information content (AvgIpc) is 3.20. The first-order chi connectivity index (χ1) is 15.2. The minimum absolute atomic E-state index is 0.0356. The molecule has 0 atom stereocenters. The zero-order valence-electron chi connectivity index (χ0n) is 16.7. The molecule has 0 unspecified atom stereocenters. The molecule has 0 aliphatic heterocycles. The standard InChI is InChI=1S/C20H18FN5O3S3/c1-2-18-24-25-20(31-18)26-32(28,29)16-10-8-15(9-11-16)22-19(30)23-17(27)12-5-13-3-6-14(21)7-4-13/h3-12H,2H2,1H3,(H,25,26)(H2,22,23,27,30)/b12-5+. The SMILES string of the molecule is CCc1nnc(NS(=O)(=O)c2ccc(NC(=S)NC(=O)/C=C/c3ccc(F)cc3)cc2)s1. The molecule has 0 saturated carbocycles. The number of sulfonamides is 1. The lowest BCUT2D eigenvalue weighted by Gasteiger charge is -2.09. The van der Waals surface area contributed by atoms with Gasteiger partial charge in [0.2, 0.25) is 11.0 Å². The number of rotatable bonds is 7. The van der Waals surface area contributed by atoms with E-state index in [9.17, 15) is 17.6 Å². The fraction of sp³-hybridized carbons (Fsp3) is 0.100. The minimum Gasteiger partial charge on any atom is -0.332 e. The van der Waals surface area contributed by atoms with Crippen LogP contribution >= 0.6 is 23.6 Å². The van der Waals surface area contributed by atoms with Crippen molar-refractivity contribution in [1.82, 2.24) is 15.5 Å². The third-order valence-corrected chi connectivity index (χ3v) is 6.62. The molecule has 166 valence electrons. The quantitative estimate of drug-likeness (QED) is 0.342. The van der Waals surface area contributed by atoms with Crippen LogP contribution in [-0.4, -0.2) is 29.6 Å². The normalized spacial score (nSPS) is 11.3. The Bertz CT molecular complexity index is 1240. The maximum atomic E-state index is 12.9. The molecule has 32 heavy (non-hydrogen) atoms. The number of nitrogens with one attached hydrogen (secondary N) is 3. The maximum absolute atomic E-state index is 12.9. The van der Waals surface area contributed by atoms with Crippen LogP contribution in [-0.2, 0) is 21.2 Å². The number of aromatic nitrogens is 2. The predicted octanol–water partition coefficient (Wildman–Crippen LogP) is 3.57. The van der Waals surface area contributed by atoms with Gasteiger partial charge in [0.05, 0.1) is 4.90 Å². The van der Waals surface area contributed by atoms with Gasteiger partial charge in [0.25, 0.3) is 10.0 Å². The van der Waals surface area contributed by atoms with E-state index in [0.29, 0.717) is 17.7 Å². The molecule has 3 aromatic rings. The van der Waals surface area contributed by atoms with Gasteiger partial charge in [-0.25, -0.2) is 12.8 Å². The molecule has 0 aliphatic rings. The summed E-state index contributed by atoms with van der Waals surface area (Å²) < 4.78 is 40.3. The lowest BCUT2D eigenvalue weighted by atomic mass is 10.2. The highest BCUT2D eigenvalue weighted by atomic mass is 32.2. The second-order valence-electron chi connectivity index (χ2n) is 6.31. The minimum atomic E-state index is -3.81. The Morgan fingerprint density at radius 2 is 1.81 bits per heavy atom. The molecule has 1 aromatic heterocycles. The van der Waals surface area contributed by atoms with Crippen molar-refractivity contribution in [3.05, 3.63) is 71.0 Å². The van der Waals surface area contributed by atoms with Crippen molar-refractivity contribution in [3.63, 3.8) is 0 Å². The topological polar surface area (TPSA) is 113 Å². The first-order valence-electron chi connectivity index (χ1n) is 9.26. The molecule has 8 nitrogen and oxygen atoms in total. The van der Waals surface area contributed by atoms with Crippen LogP contribution in [0, 0.1) is 5.82 Å². The van der Waals surface area contributed by atoms with E-state index >= 15 is 0 Å². The third kappa shape index (κ3) is 6.64. The largest absolute Gasteiger partial charge is 0.332 e. The van der Waals surface area contributed by atoms with Gasteiger partial charge in [0, 0.05) is 11.8 Å². The number of hydrogen-bond donors (Lipinski definition) is 3. The molecule has 3 rings (SSSR count). The van der Waals surface area contributed by atoms with Gasteiger partial charge >= 0.3 is 0 Å². The summed E-state index contributed by atoms with van der Waals surface area (Å²) in [5.74, 6) is -0.837. The second kappa shape index (κ2) is 10.4. The smallest absolute Gasteiger partial charge is 0.263 e. The summed E-state index contributed by atoms with van der Waals surface area (Å²) in [6, 6.07) is 11.5. The number of thiocarbonyl (C=S) groups is 1. The maximum Gasteiger partial charge on any atom is 0.263 e. The predicted molar refractivity (Wildman–Crippen MR) is 126 cm³/mol. The molecular formula is C20H18FN5O3S3. The molecule has 0 fully saturated rings. The summed E-state index contributed by atoms with van der Waals surface area (Å²) in [5.41, 5.74) is 1.14. The lowest BCUT2D eigenvalue weighted by Crippen LogP contribution is -2.32. The Kier molecular flexibility index (Phi) is 7.62. The van der Waals surface area contributed by atoms with Gasteiger partial charge in [-0.1, -0.05) is 30.4 Å². The summed E-state index contributed by atoms with van der Waals surface area (Å²) in [6.07, 6.45) is 3.45. The molecule has 1 amide bonds. The van der Waals surface area contributed by atoms with E-state index in [1.165, 1.54) is 72.0 Å². The van der Waals surface area contributed by atoms with Gasteiger partial charge in [-0.05, 0) is 66.7 Å². The number of carbonyl (C=O) groups excluding carboxylic acids is 1. The summed E-state index contributed by atoms with van der Waals surface area (Å²) in [4.78, 5) is 12.0. The molecule has 12 heteroatoms. The Morgan fingerprint density at radius 3 is 2.44 bits per heavy atom. The molecular weight excluding hydrogens is 473 g/mol. The number of carbonyl (C=O) groups is 1. The van der Waals surface area contributed by atoms with Crippen molar-refractivity contribution in [2.75, 3.05) is 10.0 Å². The summed E-state index contributed by atoms with van der Waals surface area (Å²) in [6.45, 7) is 1.90. The molecule has 0 spiro atoms. The second-order valence-corrected chi connectivity index (χ2v) is 9.47. The molecule has 0 aliphatic carbocycles. The van der Waals surface area contributed by atoms with E-state index in [-0.39, 0.29) is 21.0 Å². The Hall–Kier alpha value is -3.22. The van der Waals surface area contributed by atoms with Gasteiger partial charge in [-0.2, -0.15) is 0 Å². The monoisotopic (exact) mass is 491 g/mol. The van der Waals surface area contributed by atoms with Gasteiger partial charge < -0.3 is 5.32 Å². The number of aryl methyl sites for hydroxylation is 1. The molecule has 0 saturated heterocycles. The van der Waals surface area contributed by atoms with Gasteiger partial charge in [0.1, 0.15) is 10.8 Å². The summed E-state index contributed by atoms with van der Waals surface area (Å²) in [5, 5.41) is 13.9. The van der Waals surface area contributed by atoms with E-state index in [4.69, 9.17) is 12.2 Å². The Morgan fingerprint density at radius 1 is 1.12 bits per heavy atom. The van der Waals surface area contributed by atoms with Crippen LogP contribution in [0.1, 0.15) is 17.5 Å². The number of anilines is 2. The van der Waals surface area contributed by atoms with Crippen LogP contribution in [0.2, 0.25) is 0 Å². The van der Waals surface area contributed by atoms with Crippen molar-refractivity contribution in [1.29, 1.82) is 0 Å². The van der Waals surface area contributed by atoms with E-state index in [1.54, 1.807) is 0 Å². The third-order valence-electron chi connectivity index (χ3n) is 3.95. The number of hydrogen-bond acceptors (Lipinski definition) is 7. The van der Waals surface area contributed by atoms with Crippen LogP contribution in [0.4, 0.5) is 15.2 Å². The molecule has 2 aromatic carbocycles. The van der Waals surface area contributed by atoms with Gasteiger partial charge in [-0.15, -0.1) is 10.2 Å². The van der Waals surface area contributed by atoms with Crippen LogP contribution in [0.3, 0.4) is 0 Å². The van der Waals surface area contributed by atoms with Crippen molar-refractivity contribution in [2.45, 2.75) is 18.2 Å². The van der Waals surface area contributed by atoms with Gasteiger partial charge in [-0.3, -0.25) is 14.8 Å². The van der Waals surface area contributed by atoms with E-state index in [1.807, 2.05) is 6.92 Å². The number of halogens is 1. The van der Waals surface area contributed by atoms with E-state index < -0.39 is 15.9 Å². The van der Waals surface area contributed by atoms with Crippen molar-refractivity contribution in [3.8, 4) is 0 Å². The summed E-state index contributed by atoms with van der Waals surface area (Å²) in [7, 11) is -3.81. The van der Waals surface area contributed by atoms with E-state index in [2.05, 4.69) is 25.6 Å². The molecule has 0 radical (unpaired) electrons. The molecule has 0 bridgehead atoms. The van der Waals surface area contributed by atoms with Crippen LogP contribution < -0.4 is 15.4 Å². The number of amides is 1. The first-order valence-corrected chi connectivity index (χ1v) is 12.0.